The third kappa shape index (κ3) is 5.59. The molecule has 1 atom stereocenters. The Bertz CT molecular complexity index is 1390. The Morgan fingerprint density at radius 3 is 2.51 bits per heavy atom. The van der Waals surface area contributed by atoms with Crippen LogP contribution in [0.15, 0.2) is 82.7 Å². The molecule has 0 saturated heterocycles. The van der Waals surface area contributed by atoms with E-state index in [0.717, 1.165) is 38.2 Å². The first-order chi connectivity index (χ1) is 17.0. The van der Waals surface area contributed by atoms with Crippen molar-refractivity contribution in [1.82, 2.24) is 4.57 Å². The van der Waals surface area contributed by atoms with E-state index in [1.165, 1.54) is 7.11 Å². The molecule has 35 heavy (non-hydrogen) atoms. The van der Waals surface area contributed by atoms with Gasteiger partial charge in [0.25, 0.3) is 0 Å². The first-order valence-electron chi connectivity index (χ1n) is 11.0. The number of hydrogen-bond acceptors (Lipinski definition) is 8. The molecule has 9 heteroatoms. The molecular formula is C26H25N3O5S. The number of rotatable bonds is 9. The van der Waals surface area contributed by atoms with Crippen LogP contribution >= 0.6 is 11.3 Å². The highest BCUT2D eigenvalue weighted by Crippen LogP contribution is 2.22. The number of esters is 1. The topological polar surface area (TPSA) is 116 Å². The van der Waals surface area contributed by atoms with Crippen molar-refractivity contribution in [3.8, 4) is 5.75 Å². The number of aromatic nitrogens is 1. The molecule has 0 fully saturated rings. The summed E-state index contributed by atoms with van der Waals surface area (Å²) in [6, 6.07) is 21.5. The summed E-state index contributed by atoms with van der Waals surface area (Å²) in [5.41, 5.74) is 9.44. The van der Waals surface area contributed by atoms with Gasteiger partial charge < -0.3 is 20.4 Å². The average molecular weight is 492 g/mol. The summed E-state index contributed by atoms with van der Waals surface area (Å²) in [6.45, 7) is 0.689. The summed E-state index contributed by atoms with van der Waals surface area (Å²) in [4.78, 5) is 24.0. The van der Waals surface area contributed by atoms with E-state index in [4.69, 9.17) is 10.5 Å². The Morgan fingerprint density at radius 2 is 1.83 bits per heavy atom. The lowest BCUT2D eigenvalue weighted by molar-refractivity contribution is -0.142. The first kappa shape index (κ1) is 24.2. The van der Waals surface area contributed by atoms with Crippen LogP contribution in [0.1, 0.15) is 16.7 Å². The zero-order chi connectivity index (χ0) is 24.8. The van der Waals surface area contributed by atoms with E-state index in [9.17, 15) is 14.8 Å². The average Bonchev–Trinajstić information content (AvgIpc) is 3.20. The Morgan fingerprint density at radius 1 is 1.09 bits per heavy atom. The molecule has 0 aliphatic rings. The first-order valence-corrected chi connectivity index (χ1v) is 11.8. The van der Waals surface area contributed by atoms with Gasteiger partial charge in [-0.3, -0.25) is 14.2 Å². The van der Waals surface area contributed by atoms with Crippen molar-refractivity contribution in [1.29, 1.82) is 0 Å². The molecule has 3 aromatic carbocycles. The van der Waals surface area contributed by atoms with Crippen molar-refractivity contribution in [3.05, 3.63) is 99.2 Å². The number of thiazole rings is 1. The number of methoxy groups -OCH3 is 1. The Kier molecular flexibility index (Phi) is 7.59. The summed E-state index contributed by atoms with van der Waals surface area (Å²) in [5, 5.41) is 13.0. The van der Waals surface area contributed by atoms with E-state index < -0.39 is 12.0 Å². The quantitative estimate of drug-likeness (QED) is 0.160. The normalized spacial score (nSPS) is 12.5. The van der Waals surface area contributed by atoms with Crippen LogP contribution in [-0.2, 0) is 22.5 Å². The molecule has 0 saturated carbocycles. The fourth-order valence-corrected chi connectivity index (χ4v) is 4.73. The summed E-state index contributed by atoms with van der Waals surface area (Å²) in [7, 11) is 1.31. The number of ether oxygens (including phenoxy) is 2. The fraction of sp³-hybridized carbons (Fsp3) is 0.192. The maximum absolute atomic E-state index is 12.6. The minimum Gasteiger partial charge on any atom is -0.492 e. The molecule has 0 aliphatic heterocycles. The van der Waals surface area contributed by atoms with Crippen LogP contribution in [-0.4, -0.2) is 41.2 Å². The van der Waals surface area contributed by atoms with Crippen LogP contribution in [0.4, 0.5) is 0 Å². The van der Waals surface area contributed by atoms with Crippen molar-refractivity contribution in [3.63, 3.8) is 0 Å². The van der Waals surface area contributed by atoms with Crippen LogP contribution in [0.2, 0.25) is 0 Å². The maximum atomic E-state index is 12.6. The molecule has 1 aromatic heterocycles. The van der Waals surface area contributed by atoms with E-state index in [-0.39, 0.29) is 4.87 Å². The van der Waals surface area contributed by atoms with Crippen molar-refractivity contribution in [2.24, 2.45) is 10.9 Å². The molecule has 0 bridgehead atoms. The van der Waals surface area contributed by atoms with E-state index in [1.807, 2.05) is 60.7 Å². The van der Waals surface area contributed by atoms with E-state index in [0.29, 0.717) is 31.0 Å². The molecule has 0 amide bonds. The van der Waals surface area contributed by atoms with Crippen LogP contribution in [0.3, 0.4) is 0 Å². The van der Waals surface area contributed by atoms with Gasteiger partial charge >= 0.3 is 10.8 Å². The van der Waals surface area contributed by atoms with Crippen LogP contribution in [0, 0.1) is 0 Å². The maximum Gasteiger partial charge on any atom is 0.322 e. The second kappa shape index (κ2) is 11.0. The molecule has 8 nitrogen and oxygen atoms in total. The number of fused-ring (bicyclic) bond motifs is 1. The molecule has 4 rings (SSSR count). The molecule has 4 aromatic rings. The van der Waals surface area contributed by atoms with Crippen molar-refractivity contribution in [2.45, 2.75) is 19.0 Å². The molecule has 180 valence electrons. The predicted octanol–water partition coefficient (Wildman–Crippen LogP) is 3.41. The van der Waals surface area contributed by atoms with Gasteiger partial charge in [-0.25, -0.2) is 0 Å². The van der Waals surface area contributed by atoms with Crippen molar-refractivity contribution >= 4 is 33.2 Å². The molecule has 1 heterocycles. The summed E-state index contributed by atoms with van der Waals surface area (Å²) in [6.07, 6.45) is 0.373. The van der Waals surface area contributed by atoms with Gasteiger partial charge in [-0.2, -0.15) is 0 Å². The van der Waals surface area contributed by atoms with Gasteiger partial charge in [-0.15, -0.1) is 0 Å². The number of nitrogens with zero attached hydrogens (tertiary/aromatic N) is 2. The second-order valence-electron chi connectivity index (χ2n) is 7.84. The Hall–Kier alpha value is -3.95. The van der Waals surface area contributed by atoms with Crippen molar-refractivity contribution < 1.29 is 19.5 Å². The monoisotopic (exact) mass is 491 g/mol. The lowest BCUT2D eigenvalue weighted by Crippen LogP contribution is -2.33. The largest absolute Gasteiger partial charge is 0.492 e. The van der Waals surface area contributed by atoms with E-state index >= 15 is 0 Å². The number of nitrogens with two attached hydrogens (primary N) is 1. The smallest absolute Gasteiger partial charge is 0.322 e. The fourth-order valence-electron chi connectivity index (χ4n) is 3.77. The van der Waals surface area contributed by atoms with Gasteiger partial charge in [-0.1, -0.05) is 65.0 Å². The van der Waals surface area contributed by atoms with E-state index in [2.05, 4.69) is 9.89 Å². The minimum atomic E-state index is -0.710. The lowest BCUT2D eigenvalue weighted by Gasteiger charge is -2.11. The molecule has 0 spiro atoms. The molecular weight excluding hydrogens is 466 g/mol. The summed E-state index contributed by atoms with van der Waals surface area (Å²) >= 11 is 1.14. The third-order valence-electron chi connectivity index (χ3n) is 5.56. The van der Waals surface area contributed by atoms with E-state index in [1.54, 1.807) is 16.7 Å². The molecule has 1 unspecified atom stereocenters. The zero-order valence-corrected chi connectivity index (χ0v) is 19.9. The predicted molar refractivity (Wildman–Crippen MR) is 136 cm³/mol. The highest BCUT2D eigenvalue weighted by molar-refractivity contribution is 7.16. The lowest BCUT2D eigenvalue weighted by atomic mass is 10.0. The van der Waals surface area contributed by atoms with Gasteiger partial charge in [0.05, 0.1) is 23.9 Å². The standard InChI is InChI=1S/C26H25N3O5S/c1-33-25(30)21(27)15-17-7-10-20(11-8-17)34-14-13-29-22-12-9-19(16-23(22)35-26(29)31)24(28-32)18-5-3-2-4-6-18/h2-12,16,21,32H,13-15,27H2,1H3. The molecule has 0 radical (unpaired) electrons. The zero-order valence-electron chi connectivity index (χ0n) is 19.1. The highest BCUT2D eigenvalue weighted by Gasteiger charge is 2.15. The summed E-state index contributed by atoms with van der Waals surface area (Å²) < 4.78 is 12.9. The number of benzene rings is 3. The van der Waals surface area contributed by atoms with Gasteiger partial charge in [0.2, 0.25) is 0 Å². The SMILES string of the molecule is COC(=O)C(N)Cc1ccc(OCCn2c(=O)sc3cc(C(=NO)c4ccccc4)ccc32)cc1. The van der Waals surface area contributed by atoms with Gasteiger partial charge in [-0.05, 0) is 36.2 Å². The van der Waals surface area contributed by atoms with Gasteiger partial charge in [0, 0.05) is 11.1 Å². The van der Waals surface area contributed by atoms with Crippen LogP contribution in [0.25, 0.3) is 10.2 Å². The molecule has 3 N–H and O–H groups in total. The molecule has 0 aliphatic carbocycles. The van der Waals surface area contributed by atoms with Crippen LogP contribution < -0.4 is 15.3 Å². The van der Waals surface area contributed by atoms with Gasteiger partial charge in [0.1, 0.15) is 24.1 Å². The van der Waals surface area contributed by atoms with Crippen molar-refractivity contribution in [2.75, 3.05) is 13.7 Å². The minimum absolute atomic E-state index is 0.0879. The second-order valence-corrected chi connectivity index (χ2v) is 8.84. The Balaban J connectivity index is 1.42. The number of carbonyl (C=O) groups excluding carboxylic acids is 1. The number of hydrogen-bond donors (Lipinski definition) is 2. The number of carbonyl (C=O) groups is 1. The van der Waals surface area contributed by atoms with Gasteiger partial charge in [0.15, 0.2) is 0 Å². The summed E-state index contributed by atoms with van der Waals surface area (Å²) in [5.74, 6) is 0.202. The Labute approximate surface area is 205 Å². The number of oxime groups is 1. The highest BCUT2D eigenvalue weighted by atomic mass is 32.1. The third-order valence-corrected chi connectivity index (χ3v) is 6.50. The van der Waals surface area contributed by atoms with Crippen LogP contribution in [0.5, 0.6) is 5.75 Å².